The zero-order valence-corrected chi connectivity index (χ0v) is 16.3. The number of rotatable bonds is 5. The van der Waals surface area contributed by atoms with Crippen LogP contribution in [0.2, 0.25) is 0 Å². The largest absolute Gasteiger partial charge is 0.624 e. The molecule has 0 saturated heterocycles. The van der Waals surface area contributed by atoms with E-state index in [1.54, 1.807) is 18.3 Å². The van der Waals surface area contributed by atoms with Crippen molar-refractivity contribution in [3.8, 4) is 0 Å². The minimum absolute atomic E-state index is 0.0580. The van der Waals surface area contributed by atoms with Crippen molar-refractivity contribution < 1.29 is 19.1 Å². The highest BCUT2D eigenvalue weighted by Crippen LogP contribution is 2.71. The number of esters is 1. The van der Waals surface area contributed by atoms with Crippen LogP contribution in [0, 0.1) is 34.3 Å². The van der Waals surface area contributed by atoms with E-state index in [0.29, 0.717) is 42.6 Å². The molecule has 148 valence electrons. The summed E-state index contributed by atoms with van der Waals surface area (Å²) < 4.78 is 6.63. The maximum Gasteiger partial charge on any atom is 0.338 e. The molecule has 1 aromatic rings. The van der Waals surface area contributed by atoms with Crippen molar-refractivity contribution in [2.24, 2.45) is 29.1 Å². The molecule has 5 rings (SSSR count). The Bertz CT molecular complexity index is 849. The third-order valence-electron chi connectivity index (χ3n) is 8.07. The Morgan fingerprint density at radius 2 is 2.07 bits per heavy atom. The number of hydrogen-bond donors (Lipinski definition) is 0. The molecule has 0 amide bonds. The molecule has 6 unspecified atom stereocenters. The van der Waals surface area contributed by atoms with Gasteiger partial charge in [0, 0.05) is 18.8 Å². The third-order valence-corrected chi connectivity index (χ3v) is 8.07. The Labute approximate surface area is 165 Å². The van der Waals surface area contributed by atoms with Gasteiger partial charge in [-0.3, -0.25) is 4.79 Å². The number of nitrogens with zero attached hydrogens (tertiary/aromatic N) is 1. The summed E-state index contributed by atoms with van der Waals surface area (Å²) in [6, 6.07) is 8.95. The molecule has 3 fully saturated rings. The summed E-state index contributed by atoms with van der Waals surface area (Å²) >= 11 is 0. The second kappa shape index (κ2) is 6.16. The summed E-state index contributed by atoms with van der Waals surface area (Å²) in [5.41, 5.74) is -0.570. The number of ketones is 1. The normalized spacial score (nSPS) is 40.3. The minimum atomic E-state index is -0.566. The first kappa shape index (κ1) is 17.9. The van der Waals surface area contributed by atoms with E-state index >= 15 is 0 Å². The Morgan fingerprint density at radius 3 is 2.86 bits per heavy atom. The van der Waals surface area contributed by atoms with Gasteiger partial charge in [-0.25, -0.2) is 9.53 Å². The molecule has 1 heterocycles. The number of hydrogen-bond acceptors (Lipinski definition) is 4. The van der Waals surface area contributed by atoms with Crippen LogP contribution in [0.25, 0.3) is 0 Å². The zero-order chi connectivity index (χ0) is 19.5. The minimum Gasteiger partial charge on any atom is -0.624 e. The van der Waals surface area contributed by atoms with Crippen molar-refractivity contribution in [1.82, 2.24) is 0 Å². The van der Waals surface area contributed by atoms with Crippen molar-refractivity contribution in [3.63, 3.8) is 0 Å². The Kier molecular flexibility index (Phi) is 3.94. The summed E-state index contributed by atoms with van der Waals surface area (Å²) in [7, 11) is 0. The second-order valence-corrected chi connectivity index (χ2v) is 9.36. The van der Waals surface area contributed by atoms with Gasteiger partial charge in [-0.15, -0.1) is 0 Å². The fourth-order valence-corrected chi connectivity index (χ4v) is 7.28. The summed E-state index contributed by atoms with van der Waals surface area (Å²) in [6.07, 6.45) is 6.55. The topological polar surface area (TPSA) is 69.4 Å². The third kappa shape index (κ3) is 2.16. The van der Waals surface area contributed by atoms with Crippen LogP contribution in [0.1, 0.15) is 55.8 Å². The van der Waals surface area contributed by atoms with Crippen molar-refractivity contribution >= 4 is 18.0 Å². The molecule has 5 heteroatoms. The van der Waals surface area contributed by atoms with E-state index < -0.39 is 11.0 Å². The maximum atomic E-state index is 13.4. The van der Waals surface area contributed by atoms with E-state index in [0.717, 1.165) is 19.3 Å². The molecular weight excluding hydrogens is 354 g/mol. The smallest absolute Gasteiger partial charge is 0.338 e. The van der Waals surface area contributed by atoms with Gasteiger partial charge in [0.15, 0.2) is 11.8 Å². The molecule has 4 aliphatic rings. The van der Waals surface area contributed by atoms with Gasteiger partial charge in [0.05, 0.1) is 18.1 Å². The molecule has 5 nitrogen and oxygen atoms in total. The van der Waals surface area contributed by atoms with E-state index in [2.05, 4.69) is 6.92 Å². The molecule has 28 heavy (non-hydrogen) atoms. The lowest BCUT2D eigenvalue weighted by Gasteiger charge is -2.53. The highest BCUT2D eigenvalue weighted by molar-refractivity contribution is 5.93. The summed E-state index contributed by atoms with van der Waals surface area (Å²) in [5.74, 6) is 1.21. The number of hydroxylamine groups is 1. The first-order valence-corrected chi connectivity index (χ1v) is 10.6. The van der Waals surface area contributed by atoms with Crippen LogP contribution in [0.5, 0.6) is 0 Å². The standard InChI is InChI=1S/C23H27NO4/c1-15-10-17-11-20(25)22(18-12-19(17)23(22,13-15)24(27)14-18)8-5-9-28-21(26)16-6-3-2-4-7-16/h2-4,6-7,14-15,17-19H,5,8-13H2,1H3. The number of carbonyl (C=O) groups excluding carboxylic acids is 2. The van der Waals surface area contributed by atoms with Gasteiger partial charge in [0.2, 0.25) is 0 Å². The van der Waals surface area contributed by atoms with Crippen molar-refractivity contribution in [3.05, 3.63) is 41.1 Å². The van der Waals surface area contributed by atoms with E-state index in [1.807, 2.05) is 18.2 Å². The Morgan fingerprint density at radius 1 is 1.29 bits per heavy atom. The summed E-state index contributed by atoms with van der Waals surface area (Å²) in [5, 5.41) is 13.0. The molecule has 3 saturated carbocycles. The number of Topliss-reactive ketones (excluding diaryl/α,β-unsaturated/α-hetero) is 1. The van der Waals surface area contributed by atoms with E-state index in [-0.39, 0.29) is 24.3 Å². The van der Waals surface area contributed by atoms with Crippen molar-refractivity contribution in [2.75, 3.05) is 6.61 Å². The lowest BCUT2D eigenvalue weighted by atomic mass is 9.50. The first-order chi connectivity index (χ1) is 13.5. The van der Waals surface area contributed by atoms with E-state index in [1.165, 1.54) is 4.74 Å². The fourth-order valence-electron chi connectivity index (χ4n) is 7.28. The second-order valence-electron chi connectivity index (χ2n) is 9.36. The van der Waals surface area contributed by atoms with Crippen LogP contribution in [0.15, 0.2) is 30.3 Å². The van der Waals surface area contributed by atoms with Crippen LogP contribution in [-0.2, 0) is 9.53 Å². The van der Waals surface area contributed by atoms with Crippen LogP contribution in [-0.4, -0.2) is 34.9 Å². The molecule has 1 aromatic carbocycles. The van der Waals surface area contributed by atoms with E-state index in [9.17, 15) is 14.8 Å². The SMILES string of the molecule is CC1CC2CC(=O)C3(CCCOC(=O)c4ccccc4)C4C=[N+]([O-])C3(C1)C2C4. The molecule has 1 spiro atoms. The predicted molar refractivity (Wildman–Crippen MR) is 104 cm³/mol. The molecule has 0 aromatic heterocycles. The van der Waals surface area contributed by atoms with Crippen LogP contribution >= 0.6 is 0 Å². The molecular formula is C23H27NO4. The van der Waals surface area contributed by atoms with Gasteiger partial charge in [-0.2, -0.15) is 0 Å². The van der Waals surface area contributed by atoms with Gasteiger partial charge >= 0.3 is 5.97 Å². The van der Waals surface area contributed by atoms with Gasteiger partial charge in [0.25, 0.3) is 0 Å². The fraction of sp³-hybridized carbons (Fsp3) is 0.609. The number of benzene rings is 1. The molecule has 0 N–H and O–H groups in total. The molecule has 1 aliphatic heterocycles. The predicted octanol–water partition coefficient (Wildman–Crippen LogP) is 3.60. The average molecular weight is 381 g/mol. The molecule has 3 aliphatic carbocycles. The van der Waals surface area contributed by atoms with Crippen molar-refractivity contribution in [2.45, 2.75) is 51.0 Å². The maximum absolute atomic E-state index is 13.4. The number of carbonyl (C=O) groups is 2. The monoisotopic (exact) mass is 381 g/mol. The van der Waals surface area contributed by atoms with Crippen LogP contribution in [0.3, 0.4) is 0 Å². The van der Waals surface area contributed by atoms with Gasteiger partial charge in [-0.05, 0) is 49.7 Å². The molecule has 6 atom stereocenters. The van der Waals surface area contributed by atoms with E-state index in [4.69, 9.17) is 4.74 Å². The van der Waals surface area contributed by atoms with Crippen LogP contribution < -0.4 is 0 Å². The zero-order valence-electron chi connectivity index (χ0n) is 16.3. The highest BCUT2D eigenvalue weighted by atomic mass is 16.5. The lowest BCUT2D eigenvalue weighted by Crippen LogP contribution is -2.64. The quantitative estimate of drug-likeness (QED) is 0.338. The first-order valence-electron chi connectivity index (χ1n) is 10.6. The average Bonchev–Trinajstić information content (AvgIpc) is 3.03. The summed E-state index contributed by atoms with van der Waals surface area (Å²) in [4.78, 5) is 25.5. The highest BCUT2D eigenvalue weighted by Gasteiger charge is 2.81. The van der Waals surface area contributed by atoms with Gasteiger partial charge in [-0.1, -0.05) is 25.1 Å². The Balaban J connectivity index is 1.33. The van der Waals surface area contributed by atoms with Gasteiger partial charge in [0.1, 0.15) is 11.2 Å². The lowest BCUT2D eigenvalue weighted by molar-refractivity contribution is -0.574. The molecule has 0 radical (unpaired) electrons. The Hall–Kier alpha value is -2.17. The summed E-state index contributed by atoms with van der Waals surface area (Å²) in [6.45, 7) is 2.51. The van der Waals surface area contributed by atoms with Crippen LogP contribution in [0.4, 0.5) is 0 Å². The molecule has 5 bridgehead atoms. The van der Waals surface area contributed by atoms with Gasteiger partial charge < -0.3 is 9.94 Å². The van der Waals surface area contributed by atoms with Crippen molar-refractivity contribution in [1.29, 1.82) is 0 Å². The number of ether oxygens (including phenoxy) is 1.